The lowest BCUT2D eigenvalue weighted by Crippen LogP contribution is -2.43. The highest BCUT2D eigenvalue weighted by molar-refractivity contribution is 7.15. The van der Waals surface area contributed by atoms with Crippen LogP contribution in [0.5, 0.6) is 0 Å². The van der Waals surface area contributed by atoms with Gasteiger partial charge >= 0.3 is 0 Å². The summed E-state index contributed by atoms with van der Waals surface area (Å²) in [5.41, 5.74) is 0.542. The molecule has 158 valence electrons. The zero-order valence-corrected chi connectivity index (χ0v) is 17.9. The first-order valence-electron chi connectivity index (χ1n) is 10.00. The summed E-state index contributed by atoms with van der Waals surface area (Å²) < 4.78 is 0. The number of nitrogens with one attached hydrogen (secondary N) is 1. The fourth-order valence-corrected chi connectivity index (χ4v) is 4.71. The van der Waals surface area contributed by atoms with Gasteiger partial charge < -0.3 is 15.1 Å². The van der Waals surface area contributed by atoms with Gasteiger partial charge in [0.15, 0.2) is 0 Å². The number of rotatable bonds is 4. The Morgan fingerprint density at radius 1 is 1.00 bits per heavy atom. The van der Waals surface area contributed by atoms with E-state index < -0.39 is 5.91 Å². The van der Waals surface area contributed by atoms with Crippen molar-refractivity contribution in [1.82, 2.24) is 20.0 Å². The molecule has 0 spiro atoms. The molecular weight excluding hydrogens is 426 g/mol. The summed E-state index contributed by atoms with van der Waals surface area (Å²) in [5.74, 6) is -0.485. The minimum absolute atomic E-state index is 0.0133. The third kappa shape index (κ3) is 4.62. The van der Waals surface area contributed by atoms with E-state index in [4.69, 9.17) is 11.6 Å². The Labute approximate surface area is 183 Å². The molecule has 2 fully saturated rings. The standard InChI is InChI=1S/C20H22ClN5O3S/c21-14-4-3-5-15(12-14)22-16(27)17-23-24-18(30-17)20(29)26-10-6-13(7-11-26)19(28)25-8-1-2-9-25/h3-5,12-13H,1-2,6-11H2,(H,22,27). The summed E-state index contributed by atoms with van der Waals surface area (Å²) in [6.07, 6.45) is 3.46. The molecule has 2 aliphatic heterocycles. The maximum absolute atomic E-state index is 12.8. The highest BCUT2D eigenvalue weighted by atomic mass is 35.5. The van der Waals surface area contributed by atoms with Gasteiger partial charge in [-0.1, -0.05) is 29.0 Å². The molecule has 4 rings (SSSR count). The zero-order chi connectivity index (χ0) is 21.1. The molecule has 1 aromatic heterocycles. The van der Waals surface area contributed by atoms with Crippen molar-refractivity contribution in [3.05, 3.63) is 39.3 Å². The van der Waals surface area contributed by atoms with E-state index in [-0.39, 0.29) is 27.7 Å². The molecule has 0 unspecified atom stereocenters. The number of hydrogen-bond acceptors (Lipinski definition) is 6. The van der Waals surface area contributed by atoms with E-state index in [1.54, 1.807) is 29.2 Å². The van der Waals surface area contributed by atoms with Gasteiger partial charge in [-0.15, -0.1) is 10.2 Å². The second-order valence-corrected chi connectivity index (χ2v) is 8.89. The van der Waals surface area contributed by atoms with Gasteiger partial charge in [-0.2, -0.15) is 0 Å². The van der Waals surface area contributed by atoms with Crippen LogP contribution in [0, 0.1) is 5.92 Å². The number of nitrogens with zero attached hydrogens (tertiary/aromatic N) is 4. The summed E-state index contributed by atoms with van der Waals surface area (Å²) in [6.45, 7) is 2.71. The number of anilines is 1. The Bertz CT molecular complexity index is 951. The van der Waals surface area contributed by atoms with E-state index in [9.17, 15) is 14.4 Å². The van der Waals surface area contributed by atoms with Crippen LogP contribution in [-0.2, 0) is 4.79 Å². The molecule has 2 aromatic rings. The summed E-state index contributed by atoms with van der Waals surface area (Å²) in [5, 5.41) is 11.3. The highest BCUT2D eigenvalue weighted by Crippen LogP contribution is 2.24. The molecule has 8 nitrogen and oxygen atoms in total. The van der Waals surface area contributed by atoms with Gasteiger partial charge in [0.05, 0.1) is 0 Å². The Morgan fingerprint density at radius 2 is 1.70 bits per heavy atom. The first kappa shape index (κ1) is 20.7. The first-order chi connectivity index (χ1) is 14.5. The molecule has 30 heavy (non-hydrogen) atoms. The van der Waals surface area contributed by atoms with E-state index in [0.717, 1.165) is 37.3 Å². The lowest BCUT2D eigenvalue weighted by molar-refractivity contribution is -0.135. The molecule has 0 atom stereocenters. The minimum Gasteiger partial charge on any atom is -0.342 e. The number of likely N-dealkylation sites (tertiary alicyclic amines) is 2. The largest absolute Gasteiger partial charge is 0.342 e. The number of amides is 3. The number of hydrogen-bond donors (Lipinski definition) is 1. The Balaban J connectivity index is 1.33. The molecule has 1 N–H and O–H groups in total. The van der Waals surface area contributed by atoms with E-state index >= 15 is 0 Å². The number of carbonyl (C=O) groups is 3. The van der Waals surface area contributed by atoms with E-state index in [2.05, 4.69) is 15.5 Å². The molecule has 0 bridgehead atoms. The van der Waals surface area contributed by atoms with Crippen molar-refractivity contribution in [2.24, 2.45) is 5.92 Å². The second kappa shape index (κ2) is 9.09. The summed E-state index contributed by atoms with van der Waals surface area (Å²) >= 11 is 6.88. The van der Waals surface area contributed by atoms with Crippen LogP contribution in [-0.4, -0.2) is 63.9 Å². The third-order valence-electron chi connectivity index (χ3n) is 5.43. The second-order valence-electron chi connectivity index (χ2n) is 7.48. The van der Waals surface area contributed by atoms with Crippen LogP contribution < -0.4 is 5.32 Å². The summed E-state index contributed by atoms with van der Waals surface area (Å²) in [6, 6.07) is 6.77. The van der Waals surface area contributed by atoms with Crippen molar-refractivity contribution < 1.29 is 14.4 Å². The van der Waals surface area contributed by atoms with Crippen LogP contribution in [0.15, 0.2) is 24.3 Å². The molecule has 0 radical (unpaired) electrons. The predicted octanol–water partition coefficient (Wildman–Crippen LogP) is 2.92. The fraction of sp³-hybridized carbons (Fsp3) is 0.450. The van der Waals surface area contributed by atoms with Gasteiger partial charge in [0, 0.05) is 42.8 Å². The van der Waals surface area contributed by atoms with Crippen LogP contribution in [0.4, 0.5) is 5.69 Å². The van der Waals surface area contributed by atoms with Crippen LogP contribution in [0.25, 0.3) is 0 Å². The van der Waals surface area contributed by atoms with Crippen LogP contribution in [0.1, 0.15) is 45.3 Å². The van der Waals surface area contributed by atoms with Gasteiger partial charge in [-0.3, -0.25) is 14.4 Å². The van der Waals surface area contributed by atoms with Crippen LogP contribution in [0.2, 0.25) is 5.02 Å². The van der Waals surface area contributed by atoms with Gasteiger partial charge in [0.2, 0.25) is 15.9 Å². The molecule has 2 saturated heterocycles. The third-order valence-corrected chi connectivity index (χ3v) is 6.58. The summed E-state index contributed by atoms with van der Waals surface area (Å²) in [7, 11) is 0. The number of piperidine rings is 1. The van der Waals surface area contributed by atoms with E-state index in [1.165, 1.54) is 0 Å². The maximum atomic E-state index is 12.8. The molecule has 0 saturated carbocycles. The number of halogens is 1. The topological polar surface area (TPSA) is 95.5 Å². The van der Waals surface area contributed by atoms with E-state index in [1.807, 2.05) is 4.90 Å². The quantitative estimate of drug-likeness (QED) is 0.777. The van der Waals surface area contributed by atoms with Gasteiger partial charge in [-0.05, 0) is 43.9 Å². The molecule has 1 aromatic carbocycles. The number of carbonyl (C=O) groups excluding carboxylic acids is 3. The van der Waals surface area contributed by atoms with Crippen molar-refractivity contribution in [3.8, 4) is 0 Å². The van der Waals surface area contributed by atoms with Crippen molar-refractivity contribution >= 4 is 46.3 Å². The molecule has 2 aliphatic rings. The van der Waals surface area contributed by atoms with Crippen molar-refractivity contribution in [3.63, 3.8) is 0 Å². The van der Waals surface area contributed by atoms with Crippen molar-refractivity contribution in [2.45, 2.75) is 25.7 Å². The van der Waals surface area contributed by atoms with Crippen LogP contribution in [0.3, 0.4) is 0 Å². The van der Waals surface area contributed by atoms with Gasteiger partial charge in [0.25, 0.3) is 11.8 Å². The van der Waals surface area contributed by atoms with Gasteiger partial charge in [0.1, 0.15) is 0 Å². The summed E-state index contributed by atoms with van der Waals surface area (Å²) in [4.78, 5) is 41.3. The first-order valence-corrected chi connectivity index (χ1v) is 11.2. The smallest absolute Gasteiger partial charge is 0.286 e. The Hall–Kier alpha value is -2.52. The predicted molar refractivity (Wildman–Crippen MR) is 114 cm³/mol. The normalized spacial score (nSPS) is 17.2. The van der Waals surface area contributed by atoms with Crippen molar-refractivity contribution in [1.29, 1.82) is 0 Å². The average Bonchev–Trinajstić information content (AvgIpc) is 3.45. The molecule has 3 amide bonds. The fourth-order valence-electron chi connectivity index (χ4n) is 3.81. The Morgan fingerprint density at radius 3 is 2.40 bits per heavy atom. The lowest BCUT2D eigenvalue weighted by atomic mass is 9.95. The number of benzene rings is 1. The molecule has 10 heteroatoms. The highest BCUT2D eigenvalue weighted by Gasteiger charge is 2.32. The number of aromatic nitrogens is 2. The van der Waals surface area contributed by atoms with Gasteiger partial charge in [-0.25, -0.2) is 0 Å². The Kier molecular flexibility index (Phi) is 6.29. The average molecular weight is 448 g/mol. The molecule has 0 aliphatic carbocycles. The van der Waals surface area contributed by atoms with E-state index in [0.29, 0.717) is 36.6 Å². The molecule has 3 heterocycles. The SMILES string of the molecule is O=C(Nc1cccc(Cl)c1)c1nnc(C(=O)N2CCC(C(=O)N3CCCC3)CC2)s1. The van der Waals surface area contributed by atoms with Crippen LogP contribution >= 0.6 is 22.9 Å². The monoisotopic (exact) mass is 447 g/mol. The minimum atomic E-state index is -0.441. The molecular formula is C20H22ClN5O3S. The van der Waals surface area contributed by atoms with Crippen molar-refractivity contribution in [2.75, 3.05) is 31.5 Å². The lowest BCUT2D eigenvalue weighted by Gasteiger charge is -2.32. The maximum Gasteiger partial charge on any atom is 0.286 e. The zero-order valence-electron chi connectivity index (χ0n) is 16.3.